The van der Waals surface area contributed by atoms with Crippen LogP contribution in [0.3, 0.4) is 0 Å². The van der Waals surface area contributed by atoms with E-state index < -0.39 is 0 Å². The molecule has 2 N–H and O–H groups in total. The van der Waals surface area contributed by atoms with E-state index in [4.69, 9.17) is 5.73 Å². The maximum Gasteiger partial charge on any atom is 0.266 e. The summed E-state index contributed by atoms with van der Waals surface area (Å²) >= 11 is 1.34. The molecule has 0 spiro atoms. The van der Waals surface area contributed by atoms with Crippen molar-refractivity contribution in [2.75, 3.05) is 5.73 Å². The van der Waals surface area contributed by atoms with Gasteiger partial charge in [-0.3, -0.25) is 4.79 Å². The van der Waals surface area contributed by atoms with Crippen molar-refractivity contribution >= 4 is 33.1 Å². The Kier molecular flexibility index (Phi) is 3.33. The Balaban J connectivity index is 2.01. The van der Waals surface area contributed by atoms with Crippen LogP contribution in [0, 0.1) is 0 Å². The van der Waals surface area contributed by atoms with Gasteiger partial charge in [0.1, 0.15) is 9.71 Å². The largest absolute Gasteiger partial charge is 0.397 e. The van der Waals surface area contributed by atoms with Gasteiger partial charge in [0, 0.05) is 17.5 Å². The number of anilines is 1. The van der Waals surface area contributed by atoms with Crippen molar-refractivity contribution in [3.05, 3.63) is 17.1 Å². The number of amides is 1. The standard InChI is InChI=1S/C14H18N4OS/c1-8-4-3-5-9(2)18(8)14(19)12-11(15)10-6-7-16-17-13(10)20-12/h6-9H,3-5,15H2,1-2H3/t8-,9+. The summed E-state index contributed by atoms with van der Waals surface area (Å²) in [4.78, 5) is 16.1. The second-order valence-corrected chi connectivity index (χ2v) is 6.44. The first kappa shape index (κ1) is 13.3. The zero-order valence-corrected chi connectivity index (χ0v) is 12.5. The minimum Gasteiger partial charge on any atom is -0.397 e. The monoisotopic (exact) mass is 290 g/mol. The molecule has 1 aliphatic rings. The molecular weight excluding hydrogens is 272 g/mol. The molecule has 0 aromatic carbocycles. The summed E-state index contributed by atoms with van der Waals surface area (Å²) in [5.41, 5.74) is 6.67. The van der Waals surface area contributed by atoms with Crippen molar-refractivity contribution in [1.82, 2.24) is 15.1 Å². The van der Waals surface area contributed by atoms with Crippen LogP contribution in [0.25, 0.3) is 10.2 Å². The second-order valence-electron chi connectivity index (χ2n) is 5.44. The molecule has 0 bridgehead atoms. The Labute approximate surface area is 121 Å². The lowest BCUT2D eigenvalue weighted by atomic mass is 9.97. The Morgan fingerprint density at radius 2 is 2.10 bits per heavy atom. The number of nitrogen functional groups attached to an aromatic ring is 1. The van der Waals surface area contributed by atoms with Crippen LogP contribution in [0.15, 0.2) is 12.3 Å². The molecule has 3 rings (SSSR count). The van der Waals surface area contributed by atoms with Gasteiger partial charge < -0.3 is 10.6 Å². The number of hydrogen-bond donors (Lipinski definition) is 1. The zero-order valence-electron chi connectivity index (χ0n) is 11.7. The van der Waals surface area contributed by atoms with Gasteiger partial charge in [-0.05, 0) is 39.2 Å². The lowest BCUT2D eigenvalue weighted by Gasteiger charge is -2.38. The van der Waals surface area contributed by atoms with Gasteiger partial charge in [-0.1, -0.05) is 0 Å². The summed E-state index contributed by atoms with van der Waals surface area (Å²) in [5.74, 6) is 0.0326. The highest BCUT2D eigenvalue weighted by atomic mass is 32.1. The molecule has 1 amide bonds. The van der Waals surface area contributed by atoms with E-state index in [1.165, 1.54) is 17.8 Å². The van der Waals surface area contributed by atoms with Crippen LogP contribution in [0.2, 0.25) is 0 Å². The normalized spacial score (nSPS) is 23.2. The lowest BCUT2D eigenvalue weighted by molar-refractivity contribution is 0.0517. The number of nitrogens with zero attached hydrogens (tertiary/aromatic N) is 3. The minimum atomic E-state index is 0.0326. The Bertz CT molecular complexity index is 644. The molecule has 2 aromatic rings. The van der Waals surface area contributed by atoms with Gasteiger partial charge in [0.2, 0.25) is 0 Å². The molecule has 20 heavy (non-hydrogen) atoms. The van der Waals surface area contributed by atoms with Gasteiger partial charge >= 0.3 is 0 Å². The molecule has 3 heterocycles. The maximum atomic E-state index is 12.8. The highest BCUT2D eigenvalue weighted by Gasteiger charge is 2.32. The van der Waals surface area contributed by atoms with E-state index in [0.717, 1.165) is 23.1 Å². The summed E-state index contributed by atoms with van der Waals surface area (Å²) in [7, 11) is 0. The van der Waals surface area contributed by atoms with Crippen LogP contribution >= 0.6 is 11.3 Å². The van der Waals surface area contributed by atoms with Gasteiger partial charge in [-0.15, -0.1) is 16.4 Å². The van der Waals surface area contributed by atoms with E-state index in [1.54, 1.807) is 6.20 Å². The first-order chi connectivity index (χ1) is 9.59. The van der Waals surface area contributed by atoms with Gasteiger partial charge in [0.15, 0.2) is 0 Å². The fourth-order valence-electron chi connectivity index (χ4n) is 2.97. The fraction of sp³-hybridized carbons (Fsp3) is 0.500. The predicted octanol–water partition coefficient (Wildman–Crippen LogP) is 2.68. The fourth-order valence-corrected chi connectivity index (χ4v) is 3.95. The number of rotatable bonds is 1. The summed E-state index contributed by atoms with van der Waals surface area (Å²) in [5, 5.41) is 8.72. The molecule has 2 aromatic heterocycles. The first-order valence-corrected chi connectivity index (χ1v) is 7.73. The van der Waals surface area contributed by atoms with Crippen molar-refractivity contribution in [1.29, 1.82) is 0 Å². The summed E-state index contributed by atoms with van der Waals surface area (Å²) in [6, 6.07) is 2.34. The Morgan fingerprint density at radius 3 is 2.75 bits per heavy atom. The van der Waals surface area contributed by atoms with Crippen LogP contribution in [-0.4, -0.2) is 33.1 Å². The number of thiophene rings is 1. The Morgan fingerprint density at radius 1 is 1.40 bits per heavy atom. The van der Waals surface area contributed by atoms with E-state index in [1.807, 2.05) is 11.0 Å². The molecule has 0 unspecified atom stereocenters. The third-order valence-corrected chi connectivity index (χ3v) is 5.14. The van der Waals surface area contributed by atoms with Crippen LogP contribution in [0.1, 0.15) is 42.8 Å². The third-order valence-electron chi connectivity index (χ3n) is 4.04. The molecule has 1 saturated heterocycles. The molecule has 1 aliphatic heterocycles. The molecule has 0 saturated carbocycles. The van der Waals surface area contributed by atoms with E-state index in [0.29, 0.717) is 10.6 Å². The average molecular weight is 290 g/mol. The summed E-state index contributed by atoms with van der Waals surface area (Å²) in [6.45, 7) is 4.22. The van der Waals surface area contributed by atoms with Crippen LogP contribution in [0.4, 0.5) is 5.69 Å². The molecule has 5 nitrogen and oxygen atoms in total. The third kappa shape index (κ3) is 2.04. The number of likely N-dealkylation sites (tertiary alicyclic amines) is 1. The van der Waals surface area contributed by atoms with E-state index in [9.17, 15) is 4.79 Å². The molecule has 6 heteroatoms. The van der Waals surface area contributed by atoms with Crippen molar-refractivity contribution < 1.29 is 4.79 Å². The highest BCUT2D eigenvalue weighted by molar-refractivity contribution is 7.21. The van der Waals surface area contributed by atoms with E-state index in [2.05, 4.69) is 24.0 Å². The zero-order chi connectivity index (χ0) is 14.3. The van der Waals surface area contributed by atoms with Gasteiger partial charge in [0.05, 0.1) is 11.9 Å². The number of carbonyl (C=O) groups excluding carboxylic acids is 1. The summed E-state index contributed by atoms with van der Waals surface area (Å²) in [6.07, 6.45) is 4.90. The van der Waals surface area contributed by atoms with Crippen molar-refractivity contribution in [2.45, 2.75) is 45.2 Å². The molecular formula is C14H18N4OS. The Hall–Kier alpha value is -1.69. The van der Waals surface area contributed by atoms with Crippen molar-refractivity contribution in [2.24, 2.45) is 0 Å². The van der Waals surface area contributed by atoms with Crippen molar-refractivity contribution in [3.63, 3.8) is 0 Å². The van der Waals surface area contributed by atoms with Gasteiger partial charge in [-0.25, -0.2) is 0 Å². The first-order valence-electron chi connectivity index (χ1n) is 6.92. The molecule has 106 valence electrons. The SMILES string of the molecule is C[C@@H]1CCC[C@H](C)N1C(=O)c1sc2nnccc2c1N. The topological polar surface area (TPSA) is 72.1 Å². The predicted molar refractivity (Wildman–Crippen MR) is 80.8 cm³/mol. The summed E-state index contributed by atoms with van der Waals surface area (Å²) < 4.78 is 0. The molecule has 0 radical (unpaired) electrons. The smallest absolute Gasteiger partial charge is 0.266 e. The number of aromatic nitrogens is 2. The number of nitrogens with two attached hydrogens (primary N) is 1. The van der Waals surface area contributed by atoms with Crippen molar-refractivity contribution in [3.8, 4) is 0 Å². The van der Waals surface area contributed by atoms with Gasteiger partial charge in [0.25, 0.3) is 5.91 Å². The lowest BCUT2D eigenvalue weighted by Crippen LogP contribution is -2.47. The number of hydrogen-bond acceptors (Lipinski definition) is 5. The quantitative estimate of drug-likeness (QED) is 0.876. The molecule has 1 fully saturated rings. The highest BCUT2D eigenvalue weighted by Crippen LogP contribution is 2.34. The second kappa shape index (κ2) is 5.01. The maximum absolute atomic E-state index is 12.8. The average Bonchev–Trinajstić information content (AvgIpc) is 2.76. The number of fused-ring (bicyclic) bond motifs is 1. The van der Waals surface area contributed by atoms with E-state index in [-0.39, 0.29) is 18.0 Å². The molecule has 2 atom stereocenters. The van der Waals surface area contributed by atoms with Gasteiger partial charge in [-0.2, -0.15) is 5.10 Å². The number of piperidine rings is 1. The van der Waals surface area contributed by atoms with Crippen LogP contribution in [0.5, 0.6) is 0 Å². The minimum absolute atomic E-state index is 0.0326. The van der Waals surface area contributed by atoms with E-state index >= 15 is 0 Å². The van der Waals surface area contributed by atoms with Crippen LogP contribution < -0.4 is 5.73 Å². The molecule has 0 aliphatic carbocycles. The number of carbonyl (C=O) groups is 1. The van der Waals surface area contributed by atoms with Crippen LogP contribution in [-0.2, 0) is 0 Å².